The lowest BCUT2D eigenvalue weighted by molar-refractivity contribution is 0.0953. The van der Waals surface area contributed by atoms with Crippen LogP contribution in [0.1, 0.15) is 28.2 Å². The number of halogens is 2. The largest absolute Gasteiger partial charge is 0.493 e. The van der Waals surface area contributed by atoms with Crippen molar-refractivity contribution in [2.75, 3.05) is 20.8 Å². The third-order valence-electron chi connectivity index (χ3n) is 4.03. The molecule has 2 heterocycles. The summed E-state index contributed by atoms with van der Waals surface area (Å²) in [4.78, 5) is 12.3. The van der Waals surface area contributed by atoms with E-state index in [1.807, 2.05) is 12.1 Å². The Morgan fingerprint density at radius 2 is 1.93 bits per heavy atom. The first-order valence-electron chi connectivity index (χ1n) is 8.15. The molecule has 27 heavy (non-hydrogen) atoms. The zero-order valence-corrected chi connectivity index (χ0v) is 14.8. The number of ether oxygens (including phenoxy) is 2. The number of methoxy groups -OCH3 is 2. The Morgan fingerprint density at radius 3 is 2.63 bits per heavy atom. The number of fused-ring (bicyclic) bond motifs is 1. The van der Waals surface area contributed by atoms with Crippen molar-refractivity contribution in [1.82, 2.24) is 19.9 Å². The summed E-state index contributed by atoms with van der Waals surface area (Å²) >= 11 is 0. The average Bonchev–Trinajstić information content (AvgIpc) is 3.11. The van der Waals surface area contributed by atoms with Crippen LogP contribution in [0, 0.1) is 0 Å². The number of rotatable bonds is 7. The Morgan fingerprint density at radius 1 is 1.15 bits per heavy atom. The standard InChI is InChI=1S/C18H18F2N4O3/c1-26-13-5-3-11(9-14(13)27-2)7-8-21-18(25)12-4-6-15-22-23-17(16(19)20)24(15)10-12/h3-6,9-10,16H,7-8H2,1-2H3,(H,21,25). The monoisotopic (exact) mass is 376 g/mol. The number of amides is 1. The van der Waals surface area contributed by atoms with E-state index in [0.29, 0.717) is 24.5 Å². The molecule has 0 atom stereocenters. The molecule has 0 saturated carbocycles. The van der Waals surface area contributed by atoms with E-state index in [-0.39, 0.29) is 17.1 Å². The van der Waals surface area contributed by atoms with Gasteiger partial charge in [0.1, 0.15) is 0 Å². The Hall–Kier alpha value is -3.23. The predicted octanol–water partition coefficient (Wildman–Crippen LogP) is 2.66. The summed E-state index contributed by atoms with van der Waals surface area (Å²) in [6, 6.07) is 8.50. The summed E-state index contributed by atoms with van der Waals surface area (Å²) in [5.41, 5.74) is 1.46. The van der Waals surface area contributed by atoms with Crippen molar-refractivity contribution in [2.45, 2.75) is 12.8 Å². The van der Waals surface area contributed by atoms with Gasteiger partial charge in [0.25, 0.3) is 12.3 Å². The van der Waals surface area contributed by atoms with Gasteiger partial charge in [0.2, 0.25) is 5.82 Å². The number of pyridine rings is 1. The molecular weight excluding hydrogens is 358 g/mol. The smallest absolute Gasteiger partial charge is 0.297 e. The molecule has 0 aliphatic heterocycles. The molecule has 0 aliphatic carbocycles. The van der Waals surface area contributed by atoms with Gasteiger partial charge in [-0.3, -0.25) is 9.20 Å². The van der Waals surface area contributed by atoms with Crippen molar-refractivity contribution in [3.63, 3.8) is 0 Å². The van der Waals surface area contributed by atoms with Crippen LogP contribution < -0.4 is 14.8 Å². The van der Waals surface area contributed by atoms with Gasteiger partial charge in [-0.15, -0.1) is 10.2 Å². The maximum absolute atomic E-state index is 12.9. The summed E-state index contributed by atoms with van der Waals surface area (Å²) in [6.07, 6.45) is -0.894. The summed E-state index contributed by atoms with van der Waals surface area (Å²) < 4.78 is 37.4. The van der Waals surface area contributed by atoms with Crippen LogP contribution in [0.15, 0.2) is 36.5 Å². The van der Waals surface area contributed by atoms with Crippen LogP contribution in [0.2, 0.25) is 0 Å². The highest BCUT2D eigenvalue weighted by Crippen LogP contribution is 2.27. The predicted molar refractivity (Wildman–Crippen MR) is 93.5 cm³/mol. The fraction of sp³-hybridized carbons (Fsp3) is 0.278. The summed E-state index contributed by atoms with van der Waals surface area (Å²) in [5, 5.41) is 9.85. The SMILES string of the molecule is COc1ccc(CCNC(=O)c2ccc3nnc(C(F)F)n3c2)cc1OC. The van der Waals surface area contributed by atoms with Gasteiger partial charge >= 0.3 is 0 Å². The van der Waals surface area contributed by atoms with Crippen LogP contribution >= 0.6 is 0 Å². The molecule has 9 heteroatoms. The second kappa shape index (κ2) is 7.98. The number of benzene rings is 1. The number of carbonyl (C=O) groups excluding carboxylic acids is 1. The van der Waals surface area contributed by atoms with Crippen LogP contribution in [0.5, 0.6) is 11.5 Å². The molecule has 1 N–H and O–H groups in total. The molecule has 142 valence electrons. The molecule has 0 bridgehead atoms. The summed E-state index contributed by atoms with van der Waals surface area (Å²) in [6.45, 7) is 0.371. The van der Waals surface area contributed by atoms with Gasteiger partial charge in [-0.2, -0.15) is 0 Å². The molecule has 7 nitrogen and oxygen atoms in total. The number of alkyl halides is 2. The van der Waals surface area contributed by atoms with E-state index in [1.165, 1.54) is 18.3 Å². The third kappa shape index (κ3) is 3.97. The van der Waals surface area contributed by atoms with Crippen LogP contribution in [0.3, 0.4) is 0 Å². The number of nitrogens with zero attached hydrogens (tertiary/aromatic N) is 3. The topological polar surface area (TPSA) is 77.8 Å². The van der Waals surface area contributed by atoms with Crippen LogP contribution in [0.25, 0.3) is 5.65 Å². The van der Waals surface area contributed by atoms with E-state index in [4.69, 9.17) is 9.47 Å². The van der Waals surface area contributed by atoms with Gasteiger partial charge in [-0.05, 0) is 36.2 Å². The highest BCUT2D eigenvalue weighted by atomic mass is 19.3. The minimum Gasteiger partial charge on any atom is -0.493 e. The fourth-order valence-corrected chi connectivity index (χ4v) is 2.65. The van der Waals surface area contributed by atoms with Crippen molar-refractivity contribution >= 4 is 11.6 Å². The number of nitrogens with one attached hydrogen (secondary N) is 1. The zero-order valence-electron chi connectivity index (χ0n) is 14.8. The van der Waals surface area contributed by atoms with Gasteiger partial charge in [0, 0.05) is 12.7 Å². The molecule has 2 aromatic heterocycles. The van der Waals surface area contributed by atoms with E-state index < -0.39 is 12.2 Å². The first-order chi connectivity index (χ1) is 13.0. The minimum absolute atomic E-state index is 0.247. The highest BCUT2D eigenvalue weighted by molar-refractivity contribution is 5.94. The molecular formula is C18H18F2N4O3. The average molecular weight is 376 g/mol. The summed E-state index contributed by atoms with van der Waals surface area (Å²) in [7, 11) is 3.11. The number of hydrogen-bond donors (Lipinski definition) is 1. The molecule has 0 saturated heterocycles. The maximum Gasteiger partial charge on any atom is 0.297 e. The van der Waals surface area contributed by atoms with Crippen LogP contribution in [0.4, 0.5) is 8.78 Å². The molecule has 1 aromatic carbocycles. The molecule has 1 amide bonds. The lowest BCUT2D eigenvalue weighted by Gasteiger charge is -2.10. The van der Waals surface area contributed by atoms with Gasteiger partial charge < -0.3 is 14.8 Å². The molecule has 0 radical (unpaired) electrons. The summed E-state index contributed by atoms with van der Waals surface area (Å²) in [5.74, 6) is 0.373. The lowest BCUT2D eigenvalue weighted by atomic mass is 10.1. The molecule has 3 aromatic rings. The zero-order chi connectivity index (χ0) is 19.4. The first kappa shape index (κ1) is 18.6. The normalized spacial score (nSPS) is 11.0. The highest BCUT2D eigenvalue weighted by Gasteiger charge is 2.17. The van der Waals surface area contributed by atoms with E-state index in [2.05, 4.69) is 15.5 Å². The second-order valence-electron chi connectivity index (χ2n) is 5.70. The van der Waals surface area contributed by atoms with Crippen LogP contribution in [-0.2, 0) is 6.42 Å². The lowest BCUT2D eigenvalue weighted by Crippen LogP contribution is -2.26. The molecule has 0 fully saturated rings. The minimum atomic E-state index is -2.77. The number of hydrogen-bond acceptors (Lipinski definition) is 5. The van der Waals surface area contributed by atoms with Gasteiger partial charge in [0.05, 0.1) is 19.8 Å². The fourth-order valence-electron chi connectivity index (χ4n) is 2.65. The Balaban J connectivity index is 1.66. The third-order valence-corrected chi connectivity index (χ3v) is 4.03. The van der Waals surface area contributed by atoms with E-state index in [1.54, 1.807) is 20.3 Å². The Labute approximate surface area is 153 Å². The van der Waals surface area contributed by atoms with Crippen molar-refractivity contribution in [3.05, 3.63) is 53.5 Å². The molecule has 0 unspecified atom stereocenters. The van der Waals surface area contributed by atoms with E-state index in [0.717, 1.165) is 9.96 Å². The quantitative estimate of drug-likeness (QED) is 0.686. The maximum atomic E-state index is 12.9. The number of carbonyl (C=O) groups is 1. The number of aromatic nitrogens is 3. The van der Waals surface area contributed by atoms with Gasteiger partial charge in [0.15, 0.2) is 17.1 Å². The van der Waals surface area contributed by atoms with Gasteiger partial charge in [-0.25, -0.2) is 8.78 Å². The van der Waals surface area contributed by atoms with Crippen LogP contribution in [-0.4, -0.2) is 41.3 Å². The molecule has 3 rings (SSSR count). The van der Waals surface area contributed by atoms with Crippen molar-refractivity contribution in [2.24, 2.45) is 0 Å². The van der Waals surface area contributed by atoms with Crippen molar-refractivity contribution < 1.29 is 23.0 Å². The second-order valence-corrected chi connectivity index (χ2v) is 5.70. The van der Waals surface area contributed by atoms with E-state index >= 15 is 0 Å². The molecule has 0 spiro atoms. The molecule has 0 aliphatic rings. The first-order valence-corrected chi connectivity index (χ1v) is 8.15. The van der Waals surface area contributed by atoms with Crippen molar-refractivity contribution in [3.8, 4) is 11.5 Å². The van der Waals surface area contributed by atoms with E-state index in [9.17, 15) is 13.6 Å². The van der Waals surface area contributed by atoms with Crippen molar-refractivity contribution in [1.29, 1.82) is 0 Å². The Kier molecular flexibility index (Phi) is 5.49. The Bertz CT molecular complexity index is 959. The van der Waals surface area contributed by atoms with Gasteiger partial charge in [-0.1, -0.05) is 6.07 Å².